The van der Waals surface area contributed by atoms with Crippen molar-refractivity contribution in [1.29, 1.82) is 10.5 Å². The zero-order valence-corrected chi connectivity index (χ0v) is 16.3. The second kappa shape index (κ2) is 7.35. The number of carboxylic acids is 1. The van der Waals surface area contributed by atoms with Crippen molar-refractivity contribution < 1.29 is 9.90 Å². The monoisotopic (exact) mass is 364 g/mol. The quantitative estimate of drug-likeness (QED) is 0.742. The van der Waals surface area contributed by atoms with Crippen LogP contribution in [0.15, 0.2) is 12.1 Å². The molecule has 1 N–H and O–H groups in total. The van der Waals surface area contributed by atoms with Crippen molar-refractivity contribution in [3.63, 3.8) is 0 Å². The predicted molar refractivity (Wildman–Crippen MR) is 103 cm³/mol. The molecule has 0 aliphatic heterocycles. The minimum atomic E-state index is -0.792. The molecule has 0 spiro atoms. The van der Waals surface area contributed by atoms with Gasteiger partial charge in [0, 0.05) is 5.92 Å². The topological polar surface area (TPSA) is 84.9 Å². The van der Waals surface area contributed by atoms with Crippen LogP contribution in [0.2, 0.25) is 0 Å². The van der Waals surface area contributed by atoms with Crippen LogP contribution < -0.4 is 0 Å². The molecule has 1 unspecified atom stereocenters. The van der Waals surface area contributed by atoms with Crippen LogP contribution in [0, 0.1) is 33.5 Å². The number of aliphatic carboxylic acids is 1. The Morgan fingerprint density at radius 1 is 1.11 bits per heavy atom. The van der Waals surface area contributed by atoms with E-state index >= 15 is 0 Å². The maximum atomic E-state index is 12.4. The Morgan fingerprint density at radius 3 is 2.30 bits per heavy atom. The Balaban J connectivity index is 2.15. The van der Waals surface area contributed by atoms with Crippen LogP contribution in [0.25, 0.3) is 0 Å². The summed E-state index contributed by atoms with van der Waals surface area (Å²) in [6.07, 6.45) is 7.96. The minimum absolute atomic E-state index is 0.179. The molecule has 0 radical (unpaired) electrons. The first-order valence-corrected chi connectivity index (χ1v) is 10.2. The number of carbonyl (C=O) groups is 1. The van der Waals surface area contributed by atoms with E-state index in [9.17, 15) is 20.4 Å². The third kappa shape index (κ3) is 3.02. The number of nitriles is 2. The number of carboxylic acid groups (broad SMARTS) is 1. The minimum Gasteiger partial charge on any atom is -0.481 e. The maximum absolute atomic E-state index is 12.4. The fourth-order valence-corrected chi connectivity index (χ4v) is 5.74. The average Bonchev–Trinajstić information content (AvgIpc) is 2.68. The van der Waals surface area contributed by atoms with E-state index < -0.39 is 11.4 Å². The van der Waals surface area contributed by atoms with Crippen LogP contribution in [0.4, 0.5) is 0 Å². The Morgan fingerprint density at radius 2 is 1.78 bits per heavy atom. The van der Waals surface area contributed by atoms with E-state index in [0.717, 1.165) is 56.1 Å². The molecule has 0 saturated heterocycles. The van der Waals surface area contributed by atoms with Crippen LogP contribution in [0.1, 0.15) is 93.4 Å². The summed E-state index contributed by atoms with van der Waals surface area (Å²) < 4.78 is 0. The summed E-state index contributed by atoms with van der Waals surface area (Å²) >= 11 is 0. The van der Waals surface area contributed by atoms with E-state index in [-0.39, 0.29) is 11.3 Å². The van der Waals surface area contributed by atoms with E-state index in [4.69, 9.17) is 0 Å². The summed E-state index contributed by atoms with van der Waals surface area (Å²) in [6.45, 7) is 4.24. The molecule has 2 bridgehead atoms. The van der Waals surface area contributed by atoms with Crippen LogP contribution in [0.5, 0.6) is 0 Å². The van der Waals surface area contributed by atoms with Crippen molar-refractivity contribution in [3.8, 4) is 12.1 Å². The highest BCUT2D eigenvalue weighted by Gasteiger charge is 2.58. The Bertz CT molecular complexity index is 820. The van der Waals surface area contributed by atoms with E-state index in [1.165, 1.54) is 0 Å². The zero-order valence-electron chi connectivity index (χ0n) is 16.3. The fourth-order valence-electron chi connectivity index (χ4n) is 5.74. The summed E-state index contributed by atoms with van der Waals surface area (Å²) in [7, 11) is 0. The fraction of sp³-hybridized carbons (Fsp3) is 0.609. The predicted octanol–water partition coefficient (Wildman–Crippen LogP) is 5.30. The number of hydrogen-bond acceptors (Lipinski definition) is 3. The van der Waals surface area contributed by atoms with Gasteiger partial charge in [-0.05, 0) is 61.5 Å². The number of benzene rings is 1. The maximum Gasteiger partial charge on any atom is 0.310 e. The Kier molecular flexibility index (Phi) is 5.29. The molecule has 4 nitrogen and oxygen atoms in total. The number of hydrogen-bond donors (Lipinski definition) is 1. The summed E-state index contributed by atoms with van der Waals surface area (Å²) in [4.78, 5) is 12.4. The van der Waals surface area contributed by atoms with Gasteiger partial charge in [-0.2, -0.15) is 10.5 Å². The van der Waals surface area contributed by atoms with Gasteiger partial charge in [-0.3, -0.25) is 4.79 Å². The Hall–Kier alpha value is -2.33. The van der Waals surface area contributed by atoms with Gasteiger partial charge < -0.3 is 5.11 Å². The number of fused-ring (bicyclic) bond motifs is 3. The molecule has 0 aromatic heterocycles. The van der Waals surface area contributed by atoms with E-state index in [2.05, 4.69) is 26.0 Å². The highest BCUT2D eigenvalue weighted by atomic mass is 16.4. The van der Waals surface area contributed by atoms with Crippen molar-refractivity contribution in [2.75, 3.05) is 0 Å². The SMILES string of the molecule is CCCc1ccc(C2CC3(CCC)CCC2(C(=O)O)CC3)c(C#N)c1C#N. The summed E-state index contributed by atoms with van der Waals surface area (Å²) in [5.41, 5.74) is 1.94. The van der Waals surface area contributed by atoms with Crippen molar-refractivity contribution in [2.24, 2.45) is 10.8 Å². The number of rotatable bonds is 6. The molecule has 3 fully saturated rings. The molecule has 142 valence electrons. The van der Waals surface area contributed by atoms with Gasteiger partial charge in [-0.25, -0.2) is 0 Å². The van der Waals surface area contributed by atoms with Crippen molar-refractivity contribution in [2.45, 2.75) is 77.6 Å². The Labute approximate surface area is 161 Å². The zero-order chi connectivity index (χ0) is 19.7. The smallest absolute Gasteiger partial charge is 0.310 e. The van der Waals surface area contributed by atoms with Crippen molar-refractivity contribution in [3.05, 3.63) is 34.4 Å². The molecule has 0 amide bonds. The van der Waals surface area contributed by atoms with E-state index in [1.807, 2.05) is 12.1 Å². The van der Waals surface area contributed by atoms with Crippen LogP contribution in [0.3, 0.4) is 0 Å². The third-order valence-electron chi connectivity index (χ3n) is 7.16. The standard InChI is InChI=1S/C23H28N2O2/c1-3-5-16-6-7-17(19(15-25)18(16)14-24)20-13-22(8-4-2)9-11-23(20,12-10-22)21(26)27/h6-7,20H,3-5,8-13H2,1-2H3,(H,26,27). The molecule has 0 heterocycles. The number of aryl methyl sites for hydroxylation is 1. The van der Waals surface area contributed by atoms with Gasteiger partial charge in [0.25, 0.3) is 0 Å². The molecule has 1 aromatic carbocycles. The third-order valence-corrected chi connectivity index (χ3v) is 7.16. The lowest BCUT2D eigenvalue weighted by atomic mass is 9.47. The number of nitrogens with zero attached hydrogens (tertiary/aromatic N) is 2. The van der Waals surface area contributed by atoms with Gasteiger partial charge in [0.05, 0.1) is 16.5 Å². The van der Waals surface area contributed by atoms with Crippen LogP contribution >= 0.6 is 0 Å². The molecule has 4 heteroatoms. The van der Waals surface area contributed by atoms with Gasteiger partial charge in [-0.1, -0.05) is 38.8 Å². The van der Waals surface area contributed by atoms with Gasteiger partial charge in [0.2, 0.25) is 0 Å². The molecular formula is C23H28N2O2. The molecule has 3 saturated carbocycles. The lowest BCUT2D eigenvalue weighted by molar-refractivity contribution is -0.162. The first-order chi connectivity index (χ1) is 13.0. The molecule has 1 aromatic rings. The van der Waals surface area contributed by atoms with Crippen molar-refractivity contribution >= 4 is 5.97 Å². The van der Waals surface area contributed by atoms with Crippen molar-refractivity contribution in [1.82, 2.24) is 0 Å². The summed E-state index contributed by atoms with van der Waals surface area (Å²) in [5.74, 6) is -0.918. The average molecular weight is 364 g/mol. The summed E-state index contributed by atoms with van der Waals surface area (Å²) in [5, 5.41) is 29.7. The second-order valence-corrected chi connectivity index (χ2v) is 8.51. The molecular weight excluding hydrogens is 336 g/mol. The lowest BCUT2D eigenvalue weighted by Gasteiger charge is -2.56. The highest BCUT2D eigenvalue weighted by Crippen LogP contribution is 2.65. The summed E-state index contributed by atoms with van der Waals surface area (Å²) in [6, 6.07) is 8.38. The molecule has 27 heavy (non-hydrogen) atoms. The van der Waals surface area contributed by atoms with Gasteiger partial charge >= 0.3 is 5.97 Å². The van der Waals surface area contributed by atoms with Crippen LogP contribution in [-0.4, -0.2) is 11.1 Å². The second-order valence-electron chi connectivity index (χ2n) is 8.51. The molecule has 3 aliphatic rings. The van der Waals surface area contributed by atoms with E-state index in [1.54, 1.807) is 0 Å². The first kappa shape index (κ1) is 19.4. The normalized spacial score (nSPS) is 29.1. The van der Waals surface area contributed by atoms with E-state index in [0.29, 0.717) is 24.0 Å². The molecule has 3 aliphatic carbocycles. The molecule has 4 rings (SSSR count). The largest absolute Gasteiger partial charge is 0.481 e. The van der Waals surface area contributed by atoms with Crippen LogP contribution in [-0.2, 0) is 11.2 Å². The first-order valence-electron chi connectivity index (χ1n) is 10.2. The van der Waals surface area contributed by atoms with Gasteiger partial charge in [-0.15, -0.1) is 0 Å². The van der Waals surface area contributed by atoms with Gasteiger partial charge in [0.15, 0.2) is 0 Å². The lowest BCUT2D eigenvalue weighted by Crippen LogP contribution is -2.51. The highest BCUT2D eigenvalue weighted by molar-refractivity contribution is 5.77. The molecule has 1 atom stereocenters. The van der Waals surface area contributed by atoms with Gasteiger partial charge in [0.1, 0.15) is 12.1 Å².